The maximum Gasteiger partial charge on any atom is 0.219 e. The number of amides is 1. The highest BCUT2D eigenvalue weighted by Crippen LogP contribution is 2.25. The minimum Gasteiger partial charge on any atom is -0.359 e. The third kappa shape index (κ3) is 9.38. The summed E-state index contributed by atoms with van der Waals surface area (Å²) in [5.41, 5.74) is 0.312. The van der Waals surface area contributed by atoms with Crippen molar-refractivity contribution < 1.29 is 6.22 Å². The van der Waals surface area contributed by atoms with Crippen molar-refractivity contribution in [3.05, 3.63) is 0 Å². The summed E-state index contributed by atoms with van der Waals surface area (Å²) in [6.07, 6.45) is 2.75. The van der Waals surface area contributed by atoms with E-state index >= 15 is 0 Å². The van der Waals surface area contributed by atoms with E-state index in [1.165, 1.54) is 0 Å². The van der Waals surface area contributed by atoms with Crippen molar-refractivity contribution in [1.82, 2.24) is 5.32 Å². The lowest BCUT2D eigenvalue weighted by molar-refractivity contribution is -0.121. The Balaban J connectivity index is -0.000000376. The molecule has 13 heavy (non-hydrogen) atoms. The smallest absolute Gasteiger partial charge is 0.219 e. The number of nitrogens with one attached hydrogen (secondary N) is 1. The average Bonchev–Trinajstić information content (AvgIpc) is 2.17. The molecule has 1 N–H and O–H groups in total. The number of carbonyl (C=O) groups is 1. The second-order valence-electron chi connectivity index (χ2n) is 3.69. The van der Waals surface area contributed by atoms with Crippen molar-refractivity contribution in [3.63, 3.8) is 0 Å². The van der Waals surface area contributed by atoms with Crippen LogP contribution in [0.25, 0.3) is 0 Å². The van der Waals surface area contributed by atoms with Crippen LogP contribution in [0, 0.1) is 5.41 Å². The molecule has 0 unspecified atom stereocenters. The Bertz CT molecular complexity index is 135. The van der Waals surface area contributed by atoms with Crippen molar-refractivity contribution in [2.24, 2.45) is 5.41 Å². The fraction of sp³-hybridized carbons (Fsp3) is 0.909. The molecule has 0 atom stereocenters. The van der Waals surface area contributed by atoms with Crippen molar-refractivity contribution in [2.45, 2.75) is 53.9 Å². The van der Waals surface area contributed by atoms with E-state index in [1.54, 1.807) is 7.05 Å². The molecule has 0 bridgehead atoms. The molecule has 0 saturated heterocycles. The Morgan fingerprint density at radius 3 is 2.15 bits per heavy atom. The Morgan fingerprint density at radius 1 is 1.38 bits per heavy atom. The first kappa shape index (κ1) is 15.0. The minimum absolute atomic E-state index is 0. The molecular weight excluding hydrogens is 162 g/mol. The lowest BCUT2D eigenvalue weighted by atomic mass is 9.85. The lowest BCUT2D eigenvalue weighted by Crippen LogP contribution is -2.20. The first-order valence-electron chi connectivity index (χ1n) is 5.22. The van der Waals surface area contributed by atoms with Gasteiger partial charge in [0.25, 0.3) is 0 Å². The number of hydrogen-bond donors (Lipinski definition) is 1. The quantitative estimate of drug-likeness (QED) is 0.723. The summed E-state index contributed by atoms with van der Waals surface area (Å²) in [5, 5.41) is 2.62. The highest BCUT2D eigenvalue weighted by Gasteiger charge is 2.15. The van der Waals surface area contributed by atoms with Crippen LogP contribution in [0.5, 0.6) is 0 Å². The summed E-state index contributed by atoms with van der Waals surface area (Å²) >= 11 is 0. The molecule has 2 nitrogen and oxygen atoms in total. The largest absolute Gasteiger partial charge is 0.359 e. The zero-order valence-corrected chi connectivity index (χ0v) is 10.0. The molecule has 0 aromatic rings. The predicted octanol–water partition coefficient (Wildman–Crippen LogP) is 3.22. The monoisotopic (exact) mass is 189 g/mol. The molecule has 0 aliphatic heterocycles. The van der Waals surface area contributed by atoms with E-state index in [4.69, 9.17) is 0 Å². The fourth-order valence-corrected chi connectivity index (χ4v) is 0.754. The van der Waals surface area contributed by atoms with E-state index in [0.29, 0.717) is 11.8 Å². The second kappa shape index (κ2) is 8.09. The molecule has 0 heterocycles. The number of rotatable bonds is 4. The van der Waals surface area contributed by atoms with E-state index in [2.05, 4.69) is 26.1 Å². The maximum absolute atomic E-state index is 10.9. The SMILES string of the molecule is CC.CCC(C)(C)CCC(=O)NC.[HH]. The average molecular weight is 189 g/mol. The number of hydrogen-bond acceptors (Lipinski definition) is 1. The molecule has 1 amide bonds. The van der Waals surface area contributed by atoms with E-state index in [1.807, 2.05) is 13.8 Å². The second-order valence-corrected chi connectivity index (χ2v) is 3.69. The summed E-state index contributed by atoms with van der Waals surface area (Å²) < 4.78 is 0. The zero-order chi connectivity index (χ0) is 10.9. The zero-order valence-electron chi connectivity index (χ0n) is 10.0. The first-order valence-corrected chi connectivity index (χ1v) is 5.22. The van der Waals surface area contributed by atoms with Crippen LogP contribution in [0.4, 0.5) is 0 Å². The van der Waals surface area contributed by atoms with Gasteiger partial charge in [-0.2, -0.15) is 0 Å². The Labute approximate surface area is 84.6 Å². The fourth-order valence-electron chi connectivity index (χ4n) is 0.754. The van der Waals surface area contributed by atoms with Crippen LogP contribution in [-0.2, 0) is 4.79 Å². The van der Waals surface area contributed by atoms with Gasteiger partial charge in [-0.25, -0.2) is 0 Å². The number of carbonyl (C=O) groups excluding carboxylic acids is 1. The minimum atomic E-state index is 0. The molecular formula is C11H27NO. The summed E-state index contributed by atoms with van der Waals surface area (Å²) in [5.74, 6) is 0.145. The molecule has 0 aliphatic rings. The van der Waals surface area contributed by atoms with Crippen molar-refractivity contribution in [2.75, 3.05) is 7.05 Å². The highest BCUT2D eigenvalue weighted by atomic mass is 16.1. The van der Waals surface area contributed by atoms with Gasteiger partial charge >= 0.3 is 0 Å². The Hall–Kier alpha value is -0.530. The van der Waals surface area contributed by atoms with Gasteiger partial charge in [-0.1, -0.05) is 41.0 Å². The Kier molecular flexibility index (Phi) is 9.31. The van der Waals surface area contributed by atoms with Crippen LogP contribution in [0.1, 0.15) is 55.3 Å². The summed E-state index contributed by atoms with van der Waals surface area (Å²) in [7, 11) is 1.68. The van der Waals surface area contributed by atoms with E-state index in [-0.39, 0.29) is 7.33 Å². The van der Waals surface area contributed by atoms with Gasteiger partial charge in [0.1, 0.15) is 0 Å². The summed E-state index contributed by atoms with van der Waals surface area (Å²) in [6.45, 7) is 10.5. The van der Waals surface area contributed by atoms with Crippen molar-refractivity contribution in [3.8, 4) is 0 Å². The predicted molar refractivity (Wildman–Crippen MR) is 60.8 cm³/mol. The van der Waals surface area contributed by atoms with E-state index in [9.17, 15) is 4.79 Å². The van der Waals surface area contributed by atoms with Crippen LogP contribution >= 0.6 is 0 Å². The van der Waals surface area contributed by atoms with Crippen LogP contribution in [0.3, 0.4) is 0 Å². The third-order valence-electron chi connectivity index (χ3n) is 2.26. The molecule has 0 rings (SSSR count). The lowest BCUT2D eigenvalue weighted by Gasteiger charge is -2.21. The molecule has 0 aliphatic carbocycles. The Morgan fingerprint density at radius 2 is 1.85 bits per heavy atom. The summed E-state index contributed by atoms with van der Waals surface area (Å²) in [4.78, 5) is 10.9. The summed E-state index contributed by atoms with van der Waals surface area (Å²) in [6, 6.07) is 0. The topological polar surface area (TPSA) is 29.1 Å². The van der Waals surface area contributed by atoms with Crippen molar-refractivity contribution >= 4 is 5.91 Å². The van der Waals surface area contributed by atoms with Crippen LogP contribution in [0.15, 0.2) is 0 Å². The van der Waals surface area contributed by atoms with E-state index in [0.717, 1.165) is 12.8 Å². The van der Waals surface area contributed by atoms with Gasteiger partial charge in [-0.05, 0) is 11.8 Å². The van der Waals surface area contributed by atoms with Gasteiger partial charge in [0, 0.05) is 14.9 Å². The molecule has 2 heteroatoms. The van der Waals surface area contributed by atoms with Gasteiger partial charge < -0.3 is 5.32 Å². The molecule has 0 spiro atoms. The van der Waals surface area contributed by atoms with Gasteiger partial charge in [-0.3, -0.25) is 4.79 Å². The molecule has 0 saturated carbocycles. The molecule has 82 valence electrons. The molecule has 0 fully saturated rings. The van der Waals surface area contributed by atoms with Gasteiger partial charge in [0.2, 0.25) is 5.91 Å². The molecule has 0 aromatic heterocycles. The third-order valence-corrected chi connectivity index (χ3v) is 2.26. The standard InChI is InChI=1S/C9H19NO.C2H6.H2/c1-5-9(2,3)7-6-8(11)10-4;1-2;/h5-7H2,1-4H3,(H,10,11);1-2H3;1H. The first-order chi connectivity index (χ1) is 6.02. The van der Waals surface area contributed by atoms with Crippen molar-refractivity contribution in [1.29, 1.82) is 0 Å². The van der Waals surface area contributed by atoms with E-state index < -0.39 is 0 Å². The van der Waals surface area contributed by atoms with Crippen LogP contribution < -0.4 is 5.32 Å². The highest BCUT2D eigenvalue weighted by molar-refractivity contribution is 5.75. The van der Waals surface area contributed by atoms with Gasteiger partial charge in [0.15, 0.2) is 0 Å². The van der Waals surface area contributed by atoms with Gasteiger partial charge in [0.05, 0.1) is 0 Å². The molecule has 0 radical (unpaired) electrons. The molecule has 0 aromatic carbocycles. The normalized spacial score (nSPS) is 10.0. The van der Waals surface area contributed by atoms with Crippen LogP contribution in [0.2, 0.25) is 0 Å². The maximum atomic E-state index is 10.9. The van der Waals surface area contributed by atoms with Gasteiger partial charge in [-0.15, -0.1) is 0 Å². The van der Waals surface area contributed by atoms with Crippen LogP contribution in [-0.4, -0.2) is 13.0 Å².